The molecule has 0 spiro atoms. The topological polar surface area (TPSA) is 66.5 Å². The molecule has 5 nitrogen and oxygen atoms in total. The van der Waals surface area contributed by atoms with Crippen molar-refractivity contribution in [3.8, 4) is 0 Å². The van der Waals surface area contributed by atoms with Gasteiger partial charge in [0.05, 0.1) is 0 Å². The van der Waals surface area contributed by atoms with E-state index in [-0.39, 0.29) is 17.5 Å². The van der Waals surface area contributed by atoms with Gasteiger partial charge in [-0.1, -0.05) is 12.8 Å². The molecule has 6 heteroatoms. The minimum Gasteiger partial charge on any atom is -0.352 e. The van der Waals surface area contributed by atoms with Crippen molar-refractivity contribution in [3.63, 3.8) is 0 Å². The monoisotopic (exact) mass is 330 g/mol. The highest BCUT2D eigenvalue weighted by molar-refractivity contribution is 7.92. The second-order valence-electron chi connectivity index (χ2n) is 7.88. The highest BCUT2D eigenvalue weighted by Gasteiger charge is 2.50. The first kappa shape index (κ1) is 17.7. The molecule has 1 heterocycles. The van der Waals surface area contributed by atoms with Crippen molar-refractivity contribution < 1.29 is 13.2 Å². The maximum Gasteiger partial charge on any atom is 0.241 e. The van der Waals surface area contributed by atoms with Crippen LogP contribution in [0.15, 0.2) is 0 Å². The van der Waals surface area contributed by atoms with Crippen LogP contribution in [-0.2, 0) is 14.6 Å². The zero-order valence-corrected chi connectivity index (χ0v) is 15.1. The Hall–Kier alpha value is -0.620. The fraction of sp³-hybridized carbons (Fsp3) is 0.938. The summed E-state index contributed by atoms with van der Waals surface area (Å²) in [7, 11) is -3.37. The van der Waals surface area contributed by atoms with Crippen LogP contribution >= 0.6 is 0 Å². The van der Waals surface area contributed by atoms with Crippen LogP contribution in [0.25, 0.3) is 0 Å². The van der Waals surface area contributed by atoms with E-state index in [0.29, 0.717) is 12.8 Å². The molecule has 1 saturated carbocycles. The number of carbonyl (C=O) groups is 1. The summed E-state index contributed by atoms with van der Waals surface area (Å²) in [6.07, 6.45) is 5.58. The molecule has 0 aromatic heterocycles. The van der Waals surface area contributed by atoms with Crippen LogP contribution < -0.4 is 5.32 Å². The fourth-order valence-corrected chi connectivity index (χ4v) is 5.15. The predicted molar refractivity (Wildman–Crippen MR) is 88.5 cm³/mol. The van der Waals surface area contributed by atoms with Gasteiger partial charge in [0.25, 0.3) is 0 Å². The predicted octanol–water partition coefficient (Wildman–Crippen LogP) is 1.72. The molecule has 128 valence electrons. The van der Waals surface area contributed by atoms with E-state index in [1.807, 2.05) is 0 Å². The molecule has 1 aliphatic heterocycles. The molecule has 0 radical (unpaired) electrons. The molecule has 22 heavy (non-hydrogen) atoms. The van der Waals surface area contributed by atoms with E-state index in [0.717, 1.165) is 38.8 Å². The van der Waals surface area contributed by atoms with Gasteiger partial charge in [0.1, 0.15) is 4.75 Å². The van der Waals surface area contributed by atoms with Crippen molar-refractivity contribution in [2.75, 3.05) is 19.3 Å². The number of hydrogen-bond acceptors (Lipinski definition) is 4. The lowest BCUT2D eigenvalue weighted by Crippen LogP contribution is -2.56. The van der Waals surface area contributed by atoms with Crippen LogP contribution in [0.3, 0.4) is 0 Å². The smallest absolute Gasteiger partial charge is 0.241 e. The zero-order valence-electron chi connectivity index (χ0n) is 14.3. The number of piperidine rings is 1. The first-order chi connectivity index (χ1) is 10.1. The van der Waals surface area contributed by atoms with Crippen molar-refractivity contribution >= 4 is 15.7 Å². The average Bonchev–Trinajstić information content (AvgIpc) is 2.88. The molecule has 2 fully saturated rings. The Morgan fingerprint density at radius 3 is 2.05 bits per heavy atom. The number of nitrogens with one attached hydrogen (secondary N) is 1. The van der Waals surface area contributed by atoms with E-state index >= 15 is 0 Å². The zero-order chi connectivity index (χ0) is 16.6. The number of carbonyl (C=O) groups excluding carboxylic acids is 1. The molecular formula is C16H30N2O3S. The lowest BCUT2D eigenvalue weighted by atomic mass is 9.97. The van der Waals surface area contributed by atoms with E-state index in [4.69, 9.17) is 0 Å². The summed E-state index contributed by atoms with van der Waals surface area (Å²) in [5.74, 6) is -0.262. The number of amides is 1. The normalized spacial score (nSPS) is 24.4. The van der Waals surface area contributed by atoms with Crippen LogP contribution in [0.5, 0.6) is 0 Å². The van der Waals surface area contributed by atoms with E-state index in [2.05, 4.69) is 31.0 Å². The van der Waals surface area contributed by atoms with Gasteiger partial charge in [-0.25, -0.2) is 8.42 Å². The van der Waals surface area contributed by atoms with Crippen molar-refractivity contribution in [1.29, 1.82) is 0 Å². The largest absolute Gasteiger partial charge is 0.352 e. The van der Waals surface area contributed by atoms with Gasteiger partial charge in [-0.3, -0.25) is 9.69 Å². The van der Waals surface area contributed by atoms with Gasteiger partial charge in [0.2, 0.25) is 5.91 Å². The first-order valence-electron chi connectivity index (χ1n) is 8.32. The second kappa shape index (κ2) is 6.11. The lowest BCUT2D eigenvalue weighted by molar-refractivity contribution is -0.124. The molecule has 1 N–H and O–H groups in total. The van der Waals surface area contributed by atoms with Gasteiger partial charge in [0.15, 0.2) is 9.84 Å². The summed E-state index contributed by atoms with van der Waals surface area (Å²) in [6, 6.07) is 0.102. The first-order valence-corrected chi connectivity index (χ1v) is 10.2. The van der Waals surface area contributed by atoms with Crippen molar-refractivity contribution in [3.05, 3.63) is 0 Å². The van der Waals surface area contributed by atoms with Crippen molar-refractivity contribution in [1.82, 2.24) is 10.2 Å². The SMILES string of the molecule is CC(C)(C)N1CCC(NC(=O)C2(S(C)(=O)=O)CCCC2)CC1. The lowest BCUT2D eigenvalue weighted by Gasteiger charge is -2.41. The maximum absolute atomic E-state index is 12.7. The summed E-state index contributed by atoms with van der Waals surface area (Å²) >= 11 is 0. The van der Waals surface area contributed by atoms with Crippen LogP contribution in [0.1, 0.15) is 59.3 Å². The molecule has 0 bridgehead atoms. The molecule has 0 unspecified atom stereocenters. The van der Waals surface area contributed by atoms with Crippen LogP contribution in [-0.4, -0.2) is 54.9 Å². The molecule has 2 aliphatic rings. The number of likely N-dealkylation sites (tertiary alicyclic amines) is 1. The van der Waals surface area contributed by atoms with E-state index in [9.17, 15) is 13.2 Å². The van der Waals surface area contributed by atoms with Gasteiger partial charge >= 0.3 is 0 Å². The summed E-state index contributed by atoms with van der Waals surface area (Å²) in [5, 5.41) is 3.04. The van der Waals surface area contributed by atoms with E-state index in [1.165, 1.54) is 6.26 Å². The highest BCUT2D eigenvalue weighted by atomic mass is 32.2. The molecule has 0 atom stereocenters. The number of sulfone groups is 1. The van der Waals surface area contributed by atoms with Crippen molar-refractivity contribution in [2.24, 2.45) is 0 Å². The van der Waals surface area contributed by atoms with Crippen molar-refractivity contribution in [2.45, 2.75) is 75.6 Å². The maximum atomic E-state index is 12.7. The Bertz CT molecular complexity index is 508. The van der Waals surface area contributed by atoms with E-state index < -0.39 is 14.6 Å². The summed E-state index contributed by atoms with van der Waals surface area (Å²) in [4.78, 5) is 15.1. The molecular weight excluding hydrogens is 300 g/mol. The third-order valence-corrected chi connectivity index (χ3v) is 7.33. The Morgan fingerprint density at radius 1 is 1.14 bits per heavy atom. The molecule has 0 aromatic rings. The molecule has 1 amide bonds. The minimum atomic E-state index is -3.37. The van der Waals surface area contributed by atoms with E-state index in [1.54, 1.807) is 0 Å². The summed E-state index contributed by atoms with van der Waals surface area (Å²) in [6.45, 7) is 8.48. The highest BCUT2D eigenvalue weighted by Crippen LogP contribution is 2.37. The fourth-order valence-electron chi connectivity index (χ4n) is 3.72. The van der Waals surface area contributed by atoms with Crippen LogP contribution in [0.4, 0.5) is 0 Å². The number of nitrogens with zero attached hydrogens (tertiary/aromatic N) is 1. The quantitative estimate of drug-likeness (QED) is 0.856. The van der Waals surface area contributed by atoms with Gasteiger partial charge < -0.3 is 5.32 Å². The third kappa shape index (κ3) is 3.48. The van der Waals surface area contributed by atoms with Crippen LogP contribution in [0, 0.1) is 0 Å². The van der Waals surface area contributed by atoms with Crippen LogP contribution in [0.2, 0.25) is 0 Å². The Labute approximate surface area is 134 Å². The molecule has 2 rings (SSSR count). The Kier molecular flexibility index (Phi) is 4.93. The van der Waals surface area contributed by atoms with Gasteiger partial charge in [-0.2, -0.15) is 0 Å². The Balaban J connectivity index is 1.98. The number of hydrogen-bond donors (Lipinski definition) is 1. The second-order valence-corrected chi connectivity index (χ2v) is 10.2. The summed E-state index contributed by atoms with van der Waals surface area (Å²) < 4.78 is 23.1. The van der Waals surface area contributed by atoms with Gasteiger partial charge in [-0.05, 0) is 46.5 Å². The average molecular weight is 330 g/mol. The summed E-state index contributed by atoms with van der Waals surface area (Å²) in [5.41, 5.74) is 0.147. The molecule has 0 aromatic carbocycles. The van der Waals surface area contributed by atoms with Gasteiger partial charge in [0, 0.05) is 30.9 Å². The standard InChI is InChI=1S/C16H30N2O3S/c1-15(2,3)18-11-7-13(8-12-18)17-14(19)16(22(4,20)21)9-5-6-10-16/h13H,5-12H2,1-4H3,(H,17,19). The third-order valence-electron chi connectivity index (χ3n) is 5.31. The molecule has 1 aliphatic carbocycles. The minimum absolute atomic E-state index is 0.102. The molecule has 1 saturated heterocycles. The Morgan fingerprint density at radius 2 is 1.64 bits per heavy atom. The number of rotatable bonds is 3. The van der Waals surface area contributed by atoms with Gasteiger partial charge in [-0.15, -0.1) is 0 Å².